The van der Waals surface area contributed by atoms with Crippen molar-refractivity contribution >= 4 is 16.7 Å². The molecular weight excluding hydrogens is 212 g/mol. The third-order valence-corrected chi connectivity index (χ3v) is 3.72. The summed E-state index contributed by atoms with van der Waals surface area (Å²) in [6.45, 7) is 4.72. The molecular formula is C10H22N2O2S. The third kappa shape index (κ3) is 5.89. The van der Waals surface area contributed by atoms with E-state index < -0.39 is 10.8 Å². The minimum atomic E-state index is -0.892. The van der Waals surface area contributed by atoms with Crippen molar-refractivity contribution in [3.8, 4) is 0 Å². The second-order valence-electron chi connectivity index (χ2n) is 3.78. The van der Waals surface area contributed by atoms with E-state index in [2.05, 4.69) is 5.32 Å². The molecule has 0 radical (unpaired) electrons. The number of hydrogen-bond donors (Lipinski definition) is 2. The number of rotatable bonds is 7. The van der Waals surface area contributed by atoms with Crippen LogP contribution in [0.25, 0.3) is 0 Å². The van der Waals surface area contributed by atoms with Gasteiger partial charge in [0, 0.05) is 35.4 Å². The molecule has 0 aliphatic rings. The Kier molecular flexibility index (Phi) is 7.60. The first-order valence-corrected chi connectivity index (χ1v) is 6.95. The topological polar surface area (TPSA) is 72.2 Å². The molecule has 0 aromatic heterocycles. The highest BCUT2D eigenvalue weighted by Crippen LogP contribution is 2.04. The van der Waals surface area contributed by atoms with Gasteiger partial charge in [0.1, 0.15) is 0 Å². The van der Waals surface area contributed by atoms with Crippen molar-refractivity contribution < 1.29 is 9.00 Å². The Labute approximate surface area is 94.4 Å². The SMILES string of the molecule is CCCC(CN)C(=O)NCC(C)S(C)=O. The van der Waals surface area contributed by atoms with Crippen molar-refractivity contribution in [3.05, 3.63) is 0 Å². The monoisotopic (exact) mass is 234 g/mol. The van der Waals surface area contributed by atoms with E-state index in [0.717, 1.165) is 12.8 Å². The normalized spacial score (nSPS) is 16.8. The van der Waals surface area contributed by atoms with E-state index in [0.29, 0.717) is 13.1 Å². The van der Waals surface area contributed by atoms with Crippen molar-refractivity contribution in [3.63, 3.8) is 0 Å². The van der Waals surface area contributed by atoms with E-state index >= 15 is 0 Å². The average molecular weight is 234 g/mol. The summed E-state index contributed by atoms with van der Waals surface area (Å²) in [5.74, 6) is -0.121. The first-order valence-electron chi connectivity index (χ1n) is 5.32. The van der Waals surface area contributed by atoms with Crippen LogP contribution in [0.15, 0.2) is 0 Å². The summed E-state index contributed by atoms with van der Waals surface area (Å²) in [6, 6.07) is 0. The molecule has 3 atom stereocenters. The number of nitrogens with two attached hydrogens (primary N) is 1. The standard InChI is InChI=1S/C10H22N2O2S/c1-4-5-9(6-11)10(13)12-7-8(2)15(3)14/h8-9H,4-7,11H2,1-3H3,(H,12,13). The Morgan fingerprint density at radius 3 is 2.53 bits per heavy atom. The maximum absolute atomic E-state index is 11.6. The van der Waals surface area contributed by atoms with E-state index in [1.165, 1.54) is 0 Å². The first kappa shape index (κ1) is 14.6. The highest BCUT2D eigenvalue weighted by molar-refractivity contribution is 7.84. The van der Waals surface area contributed by atoms with E-state index in [4.69, 9.17) is 5.73 Å². The van der Waals surface area contributed by atoms with Gasteiger partial charge in [-0.15, -0.1) is 0 Å². The highest BCUT2D eigenvalue weighted by Gasteiger charge is 2.16. The summed E-state index contributed by atoms with van der Waals surface area (Å²) in [4.78, 5) is 11.6. The smallest absolute Gasteiger partial charge is 0.224 e. The molecule has 90 valence electrons. The van der Waals surface area contributed by atoms with E-state index in [-0.39, 0.29) is 17.1 Å². The first-order chi connectivity index (χ1) is 7.02. The van der Waals surface area contributed by atoms with Crippen molar-refractivity contribution in [1.82, 2.24) is 5.32 Å². The van der Waals surface area contributed by atoms with Crippen LogP contribution in [0, 0.1) is 5.92 Å². The molecule has 4 nitrogen and oxygen atoms in total. The lowest BCUT2D eigenvalue weighted by atomic mass is 10.0. The average Bonchev–Trinajstić information content (AvgIpc) is 2.21. The predicted octanol–water partition coefficient (Wildman–Crippen LogP) is 0.245. The van der Waals surface area contributed by atoms with Crippen LogP contribution in [-0.2, 0) is 15.6 Å². The Hall–Kier alpha value is -0.420. The fourth-order valence-electron chi connectivity index (χ4n) is 1.21. The van der Waals surface area contributed by atoms with Crippen molar-refractivity contribution in [2.45, 2.75) is 31.9 Å². The van der Waals surface area contributed by atoms with Crippen molar-refractivity contribution in [2.75, 3.05) is 19.3 Å². The summed E-state index contributed by atoms with van der Waals surface area (Å²) < 4.78 is 11.1. The van der Waals surface area contributed by atoms with Crippen LogP contribution in [0.5, 0.6) is 0 Å². The summed E-state index contributed by atoms with van der Waals surface area (Å²) in [5, 5.41) is 2.78. The fourth-order valence-corrected chi connectivity index (χ4v) is 1.53. The van der Waals surface area contributed by atoms with E-state index in [1.807, 2.05) is 13.8 Å². The molecule has 0 fully saturated rings. The molecule has 0 aromatic carbocycles. The summed E-state index contributed by atoms with van der Waals surface area (Å²) in [5.41, 5.74) is 5.51. The van der Waals surface area contributed by atoms with Gasteiger partial charge < -0.3 is 11.1 Å². The van der Waals surface area contributed by atoms with Gasteiger partial charge in [0.05, 0.1) is 5.92 Å². The molecule has 0 aliphatic heterocycles. The summed E-state index contributed by atoms with van der Waals surface area (Å²) in [6.07, 6.45) is 3.40. The molecule has 0 aromatic rings. The lowest BCUT2D eigenvalue weighted by Gasteiger charge is -2.15. The lowest BCUT2D eigenvalue weighted by Crippen LogP contribution is -2.39. The molecule has 0 bridgehead atoms. The van der Waals surface area contributed by atoms with Crippen LogP contribution in [0.3, 0.4) is 0 Å². The van der Waals surface area contributed by atoms with Gasteiger partial charge in [-0.2, -0.15) is 0 Å². The number of carbonyl (C=O) groups is 1. The highest BCUT2D eigenvalue weighted by atomic mass is 32.2. The van der Waals surface area contributed by atoms with Gasteiger partial charge in [-0.1, -0.05) is 13.3 Å². The van der Waals surface area contributed by atoms with Gasteiger partial charge in [-0.25, -0.2) is 0 Å². The maximum atomic E-state index is 11.6. The molecule has 0 saturated heterocycles. The second-order valence-corrected chi connectivity index (χ2v) is 5.58. The molecule has 0 saturated carbocycles. The minimum absolute atomic E-state index is 0.00555. The number of amides is 1. The molecule has 1 amide bonds. The maximum Gasteiger partial charge on any atom is 0.224 e. The van der Waals surface area contributed by atoms with Gasteiger partial charge in [0.2, 0.25) is 5.91 Å². The molecule has 3 N–H and O–H groups in total. The largest absolute Gasteiger partial charge is 0.355 e. The van der Waals surface area contributed by atoms with Crippen LogP contribution in [0.4, 0.5) is 0 Å². The summed E-state index contributed by atoms with van der Waals surface area (Å²) in [7, 11) is -0.892. The van der Waals surface area contributed by atoms with Gasteiger partial charge in [0.25, 0.3) is 0 Å². The predicted molar refractivity (Wildman–Crippen MR) is 64.0 cm³/mol. The second kappa shape index (κ2) is 7.82. The lowest BCUT2D eigenvalue weighted by molar-refractivity contribution is -0.124. The Morgan fingerprint density at radius 1 is 1.53 bits per heavy atom. The molecule has 0 spiro atoms. The van der Waals surface area contributed by atoms with Crippen LogP contribution >= 0.6 is 0 Å². The Morgan fingerprint density at radius 2 is 2.13 bits per heavy atom. The fraction of sp³-hybridized carbons (Fsp3) is 0.900. The minimum Gasteiger partial charge on any atom is -0.355 e. The molecule has 0 rings (SSSR count). The molecule has 0 heterocycles. The van der Waals surface area contributed by atoms with Gasteiger partial charge in [-0.05, 0) is 13.3 Å². The van der Waals surface area contributed by atoms with Crippen molar-refractivity contribution in [1.29, 1.82) is 0 Å². The third-order valence-electron chi connectivity index (χ3n) is 2.42. The number of nitrogens with one attached hydrogen (secondary N) is 1. The number of carbonyl (C=O) groups excluding carboxylic acids is 1. The quantitative estimate of drug-likeness (QED) is 0.663. The van der Waals surface area contributed by atoms with Crippen LogP contribution in [-0.4, -0.2) is 34.7 Å². The van der Waals surface area contributed by atoms with E-state index in [9.17, 15) is 9.00 Å². The van der Waals surface area contributed by atoms with Gasteiger partial charge >= 0.3 is 0 Å². The van der Waals surface area contributed by atoms with Crippen LogP contribution < -0.4 is 11.1 Å². The van der Waals surface area contributed by atoms with E-state index in [1.54, 1.807) is 6.26 Å². The van der Waals surface area contributed by atoms with Crippen molar-refractivity contribution in [2.24, 2.45) is 11.7 Å². The zero-order valence-electron chi connectivity index (χ0n) is 9.79. The zero-order chi connectivity index (χ0) is 11.8. The van der Waals surface area contributed by atoms with Gasteiger partial charge in [0.15, 0.2) is 0 Å². The molecule has 5 heteroatoms. The van der Waals surface area contributed by atoms with Crippen LogP contribution in [0.2, 0.25) is 0 Å². The zero-order valence-corrected chi connectivity index (χ0v) is 10.6. The van der Waals surface area contributed by atoms with Gasteiger partial charge in [-0.3, -0.25) is 9.00 Å². The molecule has 15 heavy (non-hydrogen) atoms. The molecule has 0 aliphatic carbocycles. The Balaban J connectivity index is 3.95. The number of hydrogen-bond acceptors (Lipinski definition) is 3. The Bertz CT molecular complexity index is 221. The van der Waals surface area contributed by atoms with Crippen LogP contribution in [0.1, 0.15) is 26.7 Å². The molecule has 3 unspecified atom stereocenters. The summed E-state index contributed by atoms with van der Waals surface area (Å²) >= 11 is 0.